The van der Waals surface area contributed by atoms with Gasteiger partial charge in [0.05, 0.1) is 48.2 Å². The maximum Gasteiger partial charge on any atom is 0.230 e. The summed E-state index contributed by atoms with van der Waals surface area (Å²) < 4.78 is 0. The Balaban J connectivity index is 0.915. The predicted octanol–water partition coefficient (Wildman–Crippen LogP) is 6.51. The lowest BCUT2D eigenvalue weighted by Crippen LogP contribution is -2.34. The molecule has 11 nitrogen and oxygen atoms in total. The summed E-state index contributed by atoms with van der Waals surface area (Å²) in [5.74, 6) is 1.81. The number of imidazole rings is 2. The summed E-state index contributed by atoms with van der Waals surface area (Å²) >= 11 is 0. The molecule has 255 valence electrons. The van der Waals surface area contributed by atoms with Crippen molar-refractivity contribution in [2.45, 2.75) is 50.1 Å². The van der Waals surface area contributed by atoms with Crippen LogP contribution in [0.25, 0.3) is 33.9 Å². The van der Waals surface area contributed by atoms with Gasteiger partial charge in [-0.25, -0.2) is 19.9 Å². The van der Waals surface area contributed by atoms with E-state index in [1.807, 2.05) is 82.7 Å². The van der Waals surface area contributed by atoms with E-state index in [0.717, 1.165) is 83.1 Å². The van der Waals surface area contributed by atoms with Crippen molar-refractivity contribution in [2.24, 2.45) is 0 Å². The van der Waals surface area contributed by atoms with Crippen molar-refractivity contribution in [2.75, 3.05) is 13.1 Å². The molecule has 51 heavy (non-hydrogen) atoms. The van der Waals surface area contributed by atoms with Crippen molar-refractivity contribution in [1.82, 2.24) is 44.7 Å². The number of hydrogen-bond donors (Lipinski definition) is 2. The van der Waals surface area contributed by atoms with Crippen LogP contribution < -0.4 is 0 Å². The number of pyridine rings is 1. The minimum atomic E-state index is -0.461. The van der Waals surface area contributed by atoms with Gasteiger partial charge in [0, 0.05) is 49.0 Å². The second-order valence-corrected chi connectivity index (χ2v) is 13.2. The number of rotatable bonds is 9. The van der Waals surface area contributed by atoms with Gasteiger partial charge < -0.3 is 19.8 Å². The maximum atomic E-state index is 13.4. The normalized spacial score (nSPS) is 17.9. The first-order valence-corrected chi connectivity index (χ1v) is 17.4. The summed E-state index contributed by atoms with van der Waals surface area (Å²) in [7, 11) is 0. The number of nitrogens with zero attached hydrogens (tertiary/aromatic N) is 7. The molecule has 2 amide bonds. The topological polar surface area (TPSA) is 137 Å². The quantitative estimate of drug-likeness (QED) is 0.178. The van der Waals surface area contributed by atoms with E-state index in [9.17, 15) is 9.59 Å². The summed E-state index contributed by atoms with van der Waals surface area (Å²) in [6.45, 7) is 5.57. The molecule has 4 aromatic heterocycles. The second-order valence-electron chi connectivity index (χ2n) is 13.2. The zero-order chi connectivity index (χ0) is 34.7. The van der Waals surface area contributed by atoms with Crippen molar-refractivity contribution >= 4 is 11.8 Å². The number of carbonyl (C=O) groups excluding carboxylic acids is 2. The van der Waals surface area contributed by atoms with Crippen LogP contribution in [0.3, 0.4) is 0 Å². The van der Waals surface area contributed by atoms with Crippen molar-refractivity contribution in [1.29, 1.82) is 0 Å². The van der Waals surface area contributed by atoms with Crippen LogP contribution >= 0.6 is 0 Å². The van der Waals surface area contributed by atoms with E-state index in [-0.39, 0.29) is 23.9 Å². The SMILES string of the molecule is [CH2][C@@H](C(=O)N1CCC[C@H]1c1ncc(-c2cnc(-c3ccc(-c4cnc([C@@H]5CCCN5C(=O)Cc5cccnc5)[nH]4)cc3)nc2)[nH]1)c1ccccc1. The van der Waals surface area contributed by atoms with Crippen molar-refractivity contribution in [3.8, 4) is 33.9 Å². The molecule has 8 rings (SSSR count). The molecular formula is C40H38N9O2. The highest BCUT2D eigenvalue weighted by atomic mass is 16.2. The second kappa shape index (κ2) is 14.1. The van der Waals surface area contributed by atoms with Crippen LogP contribution in [0.2, 0.25) is 0 Å². The Labute approximate surface area is 296 Å². The zero-order valence-corrected chi connectivity index (χ0v) is 28.2. The standard InChI is InChI=1S/C40H38N9O2/c1-26(28-9-3-2-4-10-28)40(51)49-19-7-12-35(49)39-45-25-33(47-39)31-22-42-37(43-23-31)30-15-13-29(14-16-30)32-24-44-38(46-32)34-11-6-18-48(34)36(50)20-27-8-5-17-41-21-27/h2-5,8-10,13-17,21-26,34-35H,1,6-7,11-12,18-20H2,(H,44,46)(H,45,47)/t26-,34+,35+/m1/s1. The average Bonchev–Trinajstić information content (AvgIpc) is 4.02. The fourth-order valence-corrected chi connectivity index (χ4v) is 7.19. The summed E-state index contributed by atoms with van der Waals surface area (Å²) in [6.07, 6.45) is 14.6. The van der Waals surface area contributed by atoms with E-state index >= 15 is 0 Å². The fourth-order valence-electron chi connectivity index (χ4n) is 7.19. The largest absolute Gasteiger partial charge is 0.340 e. The highest BCUT2D eigenvalue weighted by Crippen LogP contribution is 2.35. The van der Waals surface area contributed by atoms with Gasteiger partial charge in [-0.15, -0.1) is 0 Å². The van der Waals surface area contributed by atoms with Gasteiger partial charge in [-0.2, -0.15) is 0 Å². The van der Waals surface area contributed by atoms with Gasteiger partial charge in [-0.1, -0.05) is 60.7 Å². The Bertz CT molecular complexity index is 2110. The van der Waals surface area contributed by atoms with Gasteiger partial charge in [0.25, 0.3) is 0 Å². The molecule has 3 atom stereocenters. The van der Waals surface area contributed by atoms with Crippen LogP contribution in [-0.4, -0.2) is 69.6 Å². The summed E-state index contributed by atoms with van der Waals surface area (Å²) in [5.41, 5.74) is 6.20. The average molecular weight is 677 g/mol. The third kappa shape index (κ3) is 6.66. The van der Waals surface area contributed by atoms with E-state index in [4.69, 9.17) is 0 Å². The summed E-state index contributed by atoms with van der Waals surface area (Å²) in [5, 5.41) is 0. The molecule has 11 heteroatoms. The number of carbonyl (C=O) groups is 2. The lowest BCUT2D eigenvalue weighted by Gasteiger charge is -2.26. The Morgan fingerprint density at radius 3 is 2.00 bits per heavy atom. The number of aromatic nitrogens is 7. The van der Waals surface area contributed by atoms with Gasteiger partial charge in [0.2, 0.25) is 11.8 Å². The number of aromatic amines is 2. The molecule has 0 unspecified atom stereocenters. The number of likely N-dealkylation sites (tertiary alicyclic amines) is 2. The molecular weight excluding hydrogens is 639 g/mol. The van der Waals surface area contributed by atoms with Crippen molar-refractivity contribution in [3.63, 3.8) is 0 Å². The minimum Gasteiger partial charge on any atom is -0.340 e. The minimum absolute atomic E-state index is 0.0120. The monoisotopic (exact) mass is 676 g/mol. The first kappa shape index (κ1) is 32.2. The molecule has 2 saturated heterocycles. The highest BCUT2D eigenvalue weighted by Gasteiger charge is 2.35. The van der Waals surface area contributed by atoms with Gasteiger partial charge in [0.1, 0.15) is 11.6 Å². The number of nitrogens with one attached hydrogen (secondary N) is 2. The third-order valence-electron chi connectivity index (χ3n) is 9.93. The van der Waals surface area contributed by atoms with E-state index < -0.39 is 5.92 Å². The van der Waals surface area contributed by atoms with E-state index in [1.54, 1.807) is 31.0 Å². The molecule has 1 radical (unpaired) electrons. The Morgan fingerprint density at radius 1 is 0.706 bits per heavy atom. The number of amides is 2. The first-order valence-electron chi connectivity index (χ1n) is 17.4. The number of hydrogen-bond acceptors (Lipinski definition) is 7. The Hall–Kier alpha value is -5.97. The van der Waals surface area contributed by atoms with Gasteiger partial charge in [-0.3, -0.25) is 14.6 Å². The maximum absolute atomic E-state index is 13.4. The molecule has 2 aliphatic heterocycles. The zero-order valence-electron chi connectivity index (χ0n) is 28.2. The van der Waals surface area contributed by atoms with Crippen LogP contribution in [0, 0.1) is 6.92 Å². The molecule has 0 bridgehead atoms. The molecule has 2 aliphatic rings. The van der Waals surface area contributed by atoms with Crippen LogP contribution in [0.15, 0.2) is 104 Å². The predicted molar refractivity (Wildman–Crippen MR) is 192 cm³/mol. The molecule has 0 saturated carbocycles. The smallest absolute Gasteiger partial charge is 0.230 e. The van der Waals surface area contributed by atoms with Crippen LogP contribution in [-0.2, 0) is 16.0 Å². The molecule has 6 aromatic rings. The molecule has 2 aromatic carbocycles. The van der Waals surface area contributed by atoms with E-state index in [2.05, 4.69) is 41.8 Å². The number of H-pyrrole nitrogens is 2. The van der Waals surface area contributed by atoms with Gasteiger partial charge >= 0.3 is 0 Å². The molecule has 2 fully saturated rings. The van der Waals surface area contributed by atoms with Crippen LogP contribution in [0.4, 0.5) is 0 Å². The van der Waals surface area contributed by atoms with Gasteiger partial charge in [-0.05, 0) is 55.4 Å². The fraction of sp³-hybridized carbons (Fsp3) is 0.250. The number of benzene rings is 2. The van der Waals surface area contributed by atoms with Crippen molar-refractivity contribution in [3.05, 3.63) is 134 Å². The van der Waals surface area contributed by atoms with Crippen molar-refractivity contribution < 1.29 is 9.59 Å². The lowest BCUT2D eigenvalue weighted by atomic mass is 9.99. The van der Waals surface area contributed by atoms with Crippen LogP contribution in [0.5, 0.6) is 0 Å². The summed E-state index contributed by atoms with van der Waals surface area (Å²) in [4.78, 5) is 60.0. The third-order valence-corrected chi connectivity index (χ3v) is 9.93. The van der Waals surface area contributed by atoms with Gasteiger partial charge in [0.15, 0.2) is 5.82 Å². The summed E-state index contributed by atoms with van der Waals surface area (Å²) in [6, 6.07) is 21.3. The molecule has 6 heterocycles. The molecule has 2 N–H and O–H groups in total. The molecule has 0 aliphatic carbocycles. The van der Waals surface area contributed by atoms with Crippen LogP contribution in [0.1, 0.15) is 66.5 Å². The first-order chi connectivity index (χ1) is 25.0. The lowest BCUT2D eigenvalue weighted by molar-refractivity contribution is -0.133. The Morgan fingerprint density at radius 2 is 1.33 bits per heavy atom. The van der Waals surface area contributed by atoms with E-state index in [1.165, 1.54) is 0 Å². The molecule has 0 spiro atoms. The Kier molecular flexibility index (Phi) is 8.92. The highest BCUT2D eigenvalue weighted by molar-refractivity contribution is 5.85. The van der Waals surface area contributed by atoms with E-state index in [0.29, 0.717) is 18.8 Å².